The van der Waals surface area contributed by atoms with Crippen LogP contribution in [-0.2, 0) is 10.3 Å². The molecule has 25 heavy (non-hydrogen) atoms. The Balaban J connectivity index is 1.99. The van der Waals surface area contributed by atoms with Gasteiger partial charge >= 0.3 is 0 Å². The van der Waals surface area contributed by atoms with Gasteiger partial charge in [0.15, 0.2) is 0 Å². The maximum atomic E-state index is 11.3. The van der Waals surface area contributed by atoms with Gasteiger partial charge in [-0.25, -0.2) is 9.97 Å². The molecule has 0 radical (unpaired) electrons. The highest BCUT2D eigenvalue weighted by molar-refractivity contribution is 6.30. The van der Waals surface area contributed by atoms with Crippen LogP contribution >= 0.6 is 11.6 Å². The summed E-state index contributed by atoms with van der Waals surface area (Å²) in [6.45, 7) is 6.20. The van der Waals surface area contributed by atoms with Crippen molar-refractivity contribution in [3.8, 4) is 5.88 Å². The van der Waals surface area contributed by atoms with Crippen LogP contribution in [0.5, 0.6) is 5.88 Å². The second kappa shape index (κ2) is 6.38. The molecule has 3 heterocycles. The van der Waals surface area contributed by atoms with E-state index >= 15 is 0 Å². The minimum atomic E-state index is -0.800. The van der Waals surface area contributed by atoms with Crippen molar-refractivity contribution in [2.24, 2.45) is 5.11 Å². The van der Waals surface area contributed by atoms with Gasteiger partial charge in [0.05, 0.1) is 24.0 Å². The summed E-state index contributed by atoms with van der Waals surface area (Å²) in [4.78, 5) is 24.4. The number of rotatable bonds is 4. The van der Waals surface area contributed by atoms with Crippen molar-refractivity contribution in [1.82, 2.24) is 14.9 Å². The van der Waals surface area contributed by atoms with Crippen LogP contribution in [0.1, 0.15) is 26.3 Å². The van der Waals surface area contributed by atoms with Crippen LogP contribution in [-0.4, -0.2) is 40.0 Å². The zero-order valence-electron chi connectivity index (χ0n) is 14.1. The second-order valence-electron chi connectivity index (χ2n) is 6.44. The third-order valence-corrected chi connectivity index (χ3v) is 4.43. The Morgan fingerprint density at radius 1 is 1.40 bits per heavy atom. The lowest BCUT2D eigenvalue weighted by molar-refractivity contribution is -0.137. The quantitative estimate of drug-likeness (QED) is 0.360. The first-order valence-corrected chi connectivity index (χ1v) is 8.13. The van der Waals surface area contributed by atoms with Crippen LogP contribution in [0, 0.1) is 0 Å². The average molecular weight is 361 g/mol. The minimum Gasteiger partial charge on any atom is -0.470 e. The molecule has 3 rings (SSSR count). The van der Waals surface area contributed by atoms with Gasteiger partial charge in [-0.1, -0.05) is 30.6 Å². The van der Waals surface area contributed by atoms with Gasteiger partial charge in [0.1, 0.15) is 11.3 Å². The highest BCUT2D eigenvalue weighted by Crippen LogP contribution is 2.36. The number of carbonyl (C=O) groups excluding carboxylic acids is 1. The molecule has 2 aromatic heterocycles. The molecule has 0 spiro atoms. The normalized spacial score (nSPS) is 14.8. The highest BCUT2D eigenvalue weighted by Gasteiger charge is 2.31. The summed E-state index contributed by atoms with van der Waals surface area (Å²) in [6.07, 6.45) is 3.12. The Kier molecular flexibility index (Phi) is 4.41. The zero-order chi connectivity index (χ0) is 18.2. The van der Waals surface area contributed by atoms with Crippen molar-refractivity contribution in [2.75, 3.05) is 13.1 Å². The lowest BCUT2D eigenvalue weighted by Gasteiger charge is -2.38. The topological polar surface area (TPSA) is 104 Å². The molecule has 1 aliphatic rings. The summed E-state index contributed by atoms with van der Waals surface area (Å²) in [5.41, 5.74) is 8.75. The molecule has 130 valence electrons. The van der Waals surface area contributed by atoms with Crippen molar-refractivity contribution in [3.05, 3.63) is 39.6 Å². The number of amides is 1. The molecule has 1 aliphatic heterocycles. The van der Waals surface area contributed by atoms with E-state index in [0.29, 0.717) is 29.5 Å². The number of likely N-dealkylation sites (tertiary alicyclic amines) is 1. The molecule has 1 saturated heterocycles. The number of pyridine rings is 2. The van der Waals surface area contributed by atoms with E-state index < -0.39 is 5.54 Å². The van der Waals surface area contributed by atoms with Gasteiger partial charge in [-0.3, -0.25) is 4.79 Å². The van der Waals surface area contributed by atoms with E-state index in [1.165, 1.54) is 6.92 Å². The van der Waals surface area contributed by atoms with Gasteiger partial charge in [0, 0.05) is 24.2 Å². The lowest BCUT2D eigenvalue weighted by atomic mass is 9.93. The Bertz CT molecular complexity index is 888. The lowest BCUT2D eigenvalue weighted by Crippen LogP contribution is -2.55. The monoisotopic (exact) mass is 360 g/mol. The second-order valence-corrected chi connectivity index (χ2v) is 6.83. The molecule has 2 aromatic rings. The Labute approximate surface area is 149 Å². The van der Waals surface area contributed by atoms with E-state index in [-0.39, 0.29) is 12.0 Å². The first-order chi connectivity index (χ1) is 11.8. The number of fused-ring (bicyclic) bond motifs is 1. The van der Waals surface area contributed by atoms with Gasteiger partial charge in [-0.15, -0.1) is 0 Å². The molecule has 0 N–H and O–H groups in total. The zero-order valence-corrected chi connectivity index (χ0v) is 14.9. The van der Waals surface area contributed by atoms with E-state index in [9.17, 15) is 4.79 Å². The van der Waals surface area contributed by atoms with Crippen LogP contribution in [0.2, 0.25) is 5.15 Å². The number of nitrogens with zero attached hydrogens (tertiary/aromatic N) is 6. The third kappa shape index (κ3) is 3.31. The fourth-order valence-corrected chi connectivity index (χ4v) is 2.92. The first kappa shape index (κ1) is 17.3. The summed E-state index contributed by atoms with van der Waals surface area (Å²) in [5, 5.41) is 5.63. The summed E-state index contributed by atoms with van der Waals surface area (Å²) >= 11 is 6.05. The van der Waals surface area contributed by atoms with E-state index in [2.05, 4.69) is 20.0 Å². The third-order valence-electron chi connectivity index (χ3n) is 4.23. The smallest absolute Gasteiger partial charge is 0.223 e. The fourth-order valence-electron chi connectivity index (χ4n) is 2.76. The molecule has 0 saturated carbocycles. The Hall–Kier alpha value is -2.57. The molecule has 1 fully saturated rings. The molecular weight excluding hydrogens is 344 g/mol. The molecular formula is C16H17ClN6O2. The van der Waals surface area contributed by atoms with Crippen LogP contribution in [0.25, 0.3) is 21.2 Å². The molecule has 8 nitrogen and oxygen atoms in total. The maximum absolute atomic E-state index is 11.3. The maximum Gasteiger partial charge on any atom is 0.223 e. The number of aromatic nitrogens is 2. The number of carbonyl (C=O) groups is 1. The van der Waals surface area contributed by atoms with Crippen molar-refractivity contribution < 1.29 is 9.53 Å². The molecule has 0 aliphatic carbocycles. The Morgan fingerprint density at radius 3 is 2.76 bits per heavy atom. The predicted octanol–water partition coefficient (Wildman–Crippen LogP) is 3.44. The molecule has 0 bridgehead atoms. The van der Waals surface area contributed by atoms with E-state index in [1.807, 2.05) is 0 Å². The van der Waals surface area contributed by atoms with E-state index in [0.717, 1.165) is 10.9 Å². The summed E-state index contributed by atoms with van der Waals surface area (Å²) in [7, 11) is 0. The number of ether oxygens (including phenoxy) is 1. The van der Waals surface area contributed by atoms with Gasteiger partial charge in [0.25, 0.3) is 0 Å². The van der Waals surface area contributed by atoms with Crippen molar-refractivity contribution in [3.63, 3.8) is 0 Å². The standard InChI is InChI=1S/C16H17ClN6O2/c1-9(24)23-7-10(8-23)25-15-12-5-19-14(17)4-11(12)13(6-20-15)16(2,3)21-22-18/h4-6,10H,7-8H2,1-3H3. The first-order valence-electron chi connectivity index (χ1n) is 7.75. The fraction of sp³-hybridized carbons (Fsp3) is 0.438. The van der Waals surface area contributed by atoms with Gasteiger partial charge in [-0.2, -0.15) is 0 Å². The van der Waals surface area contributed by atoms with Crippen LogP contribution in [0.15, 0.2) is 23.6 Å². The Morgan fingerprint density at radius 2 is 2.12 bits per heavy atom. The number of halogens is 1. The van der Waals surface area contributed by atoms with E-state index in [1.54, 1.807) is 37.2 Å². The summed E-state index contributed by atoms with van der Waals surface area (Å²) in [5.74, 6) is 0.449. The van der Waals surface area contributed by atoms with Crippen molar-refractivity contribution in [1.29, 1.82) is 0 Å². The highest BCUT2D eigenvalue weighted by atomic mass is 35.5. The van der Waals surface area contributed by atoms with Gasteiger partial charge < -0.3 is 9.64 Å². The van der Waals surface area contributed by atoms with Crippen molar-refractivity contribution >= 4 is 28.3 Å². The number of hydrogen-bond donors (Lipinski definition) is 0. The average Bonchev–Trinajstić information content (AvgIpc) is 2.49. The number of hydrogen-bond acceptors (Lipinski definition) is 5. The minimum absolute atomic E-state index is 0.0255. The summed E-state index contributed by atoms with van der Waals surface area (Å²) < 4.78 is 5.92. The summed E-state index contributed by atoms with van der Waals surface area (Å²) in [6, 6.07) is 1.71. The van der Waals surface area contributed by atoms with E-state index in [4.69, 9.17) is 21.9 Å². The largest absolute Gasteiger partial charge is 0.470 e. The van der Waals surface area contributed by atoms with Crippen LogP contribution in [0.4, 0.5) is 0 Å². The number of azide groups is 1. The molecule has 0 unspecified atom stereocenters. The molecule has 1 amide bonds. The predicted molar refractivity (Wildman–Crippen MR) is 93.4 cm³/mol. The van der Waals surface area contributed by atoms with Gasteiger partial charge in [-0.05, 0) is 22.5 Å². The van der Waals surface area contributed by atoms with Crippen LogP contribution < -0.4 is 4.74 Å². The molecule has 0 atom stereocenters. The van der Waals surface area contributed by atoms with Crippen molar-refractivity contribution in [2.45, 2.75) is 32.4 Å². The van der Waals surface area contributed by atoms with Gasteiger partial charge in [0.2, 0.25) is 11.8 Å². The molecule has 9 heteroatoms. The SMILES string of the molecule is CC(=O)N1CC(Oc2ncc(C(C)(C)N=[N+]=[N-])c3cc(Cl)ncc23)C1. The van der Waals surface area contributed by atoms with Crippen LogP contribution in [0.3, 0.4) is 0 Å². The molecule has 0 aromatic carbocycles.